The van der Waals surface area contributed by atoms with Crippen molar-refractivity contribution in [3.8, 4) is 0 Å². The van der Waals surface area contributed by atoms with Crippen LogP contribution < -0.4 is 15.1 Å². The molecule has 1 aliphatic heterocycles. The Morgan fingerprint density at radius 1 is 1.04 bits per heavy atom. The molecule has 0 atom stereocenters. The van der Waals surface area contributed by atoms with Gasteiger partial charge in [0.2, 0.25) is 5.95 Å². The Morgan fingerprint density at radius 2 is 1.73 bits per heavy atom. The third-order valence-electron chi connectivity index (χ3n) is 4.32. The fourth-order valence-corrected chi connectivity index (χ4v) is 2.76. The number of aromatic nitrogens is 4. The lowest BCUT2D eigenvalue weighted by Crippen LogP contribution is -2.47. The average molecular weight is 355 g/mol. The number of hydrogen-bond acceptors (Lipinski definition) is 7. The summed E-state index contributed by atoms with van der Waals surface area (Å²) < 4.78 is 0. The Bertz CT molecular complexity index is 697. The first-order valence-corrected chi connectivity index (χ1v) is 9.00. The van der Waals surface area contributed by atoms with Crippen molar-refractivity contribution >= 4 is 17.7 Å². The van der Waals surface area contributed by atoms with E-state index in [1.165, 1.54) is 0 Å². The third-order valence-corrected chi connectivity index (χ3v) is 4.32. The molecule has 1 aliphatic rings. The molecule has 8 nitrogen and oxygen atoms in total. The molecule has 0 spiro atoms. The van der Waals surface area contributed by atoms with Crippen LogP contribution in [-0.4, -0.2) is 58.6 Å². The van der Waals surface area contributed by atoms with Crippen LogP contribution in [0.3, 0.4) is 0 Å². The molecule has 0 bridgehead atoms. The fourth-order valence-electron chi connectivity index (χ4n) is 2.76. The van der Waals surface area contributed by atoms with E-state index in [2.05, 4.69) is 48.9 Å². The summed E-state index contributed by atoms with van der Waals surface area (Å²) >= 11 is 0. The zero-order valence-electron chi connectivity index (χ0n) is 15.3. The molecule has 1 N–H and O–H groups in total. The van der Waals surface area contributed by atoms with Crippen LogP contribution in [0, 0.1) is 5.92 Å². The van der Waals surface area contributed by atoms with Gasteiger partial charge >= 0.3 is 0 Å². The Kier molecular flexibility index (Phi) is 5.93. The minimum absolute atomic E-state index is 0.171. The maximum absolute atomic E-state index is 12.1. The molecular formula is C18H25N7O. The molecule has 1 amide bonds. The highest BCUT2D eigenvalue weighted by Crippen LogP contribution is 2.15. The number of rotatable bonds is 6. The molecule has 1 saturated heterocycles. The number of hydrogen-bond donors (Lipinski definition) is 1. The summed E-state index contributed by atoms with van der Waals surface area (Å²) in [5, 5.41) is 2.88. The number of nitrogens with zero attached hydrogens (tertiary/aromatic N) is 6. The number of piperazine rings is 1. The van der Waals surface area contributed by atoms with E-state index < -0.39 is 0 Å². The Balaban J connectivity index is 1.52. The highest BCUT2D eigenvalue weighted by Gasteiger charge is 2.20. The molecular weight excluding hydrogens is 330 g/mol. The van der Waals surface area contributed by atoms with Crippen molar-refractivity contribution in [1.82, 2.24) is 25.3 Å². The van der Waals surface area contributed by atoms with Crippen LogP contribution in [0.5, 0.6) is 0 Å². The van der Waals surface area contributed by atoms with Gasteiger partial charge in [-0.2, -0.15) is 0 Å². The van der Waals surface area contributed by atoms with E-state index in [1.54, 1.807) is 24.8 Å². The SMILES string of the molecule is CC(C)CCNC(=O)c1cnc(N2CCN(c3ncccn3)CC2)cn1. The Labute approximate surface area is 153 Å². The normalized spacial score (nSPS) is 14.6. The van der Waals surface area contributed by atoms with Gasteiger partial charge in [-0.15, -0.1) is 0 Å². The van der Waals surface area contributed by atoms with Gasteiger partial charge in [0.1, 0.15) is 11.5 Å². The molecule has 1 fully saturated rings. The summed E-state index contributed by atoms with van der Waals surface area (Å²) in [6.45, 7) is 8.18. The van der Waals surface area contributed by atoms with Crippen molar-refractivity contribution in [2.45, 2.75) is 20.3 Å². The first-order valence-electron chi connectivity index (χ1n) is 9.00. The van der Waals surface area contributed by atoms with E-state index in [-0.39, 0.29) is 5.91 Å². The van der Waals surface area contributed by atoms with Crippen molar-refractivity contribution in [2.75, 3.05) is 42.5 Å². The van der Waals surface area contributed by atoms with Crippen LogP contribution in [0.15, 0.2) is 30.9 Å². The quantitative estimate of drug-likeness (QED) is 0.837. The van der Waals surface area contributed by atoms with Gasteiger partial charge in [-0.05, 0) is 18.4 Å². The van der Waals surface area contributed by atoms with Crippen molar-refractivity contribution < 1.29 is 4.79 Å². The number of amides is 1. The molecule has 2 aromatic heterocycles. The highest BCUT2D eigenvalue weighted by molar-refractivity contribution is 5.91. The number of anilines is 2. The molecule has 26 heavy (non-hydrogen) atoms. The van der Waals surface area contributed by atoms with E-state index in [0.29, 0.717) is 18.2 Å². The van der Waals surface area contributed by atoms with Crippen LogP contribution in [0.25, 0.3) is 0 Å². The standard InChI is InChI=1S/C18H25N7O/c1-14(2)4-7-19-17(26)15-12-23-16(13-22-15)24-8-10-25(11-9-24)18-20-5-3-6-21-18/h3,5-6,12-14H,4,7-11H2,1-2H3,(H,19,26). The average Bonchev–Trinajstić information content (AvgIpc) is 2.68. The molecule has 3 rings (SSSR count). The largest absolute Gasteiger partial charge is 0.352 e. The Hall–Kier alpha value is -2.77. The molecule has 138 valence electrons. The van der Waals surface area contributed by atoms with Crippen molar-refractivity contribution in [1.29, 1.82) is 0 Å². The number of carbonyl (C=O) groups is 1. The maximum atomic E-state index is 12.1. The van der Waals surface area contributed by atoms with Gasteiger partial charge < -0.3 is 15.1 Å². The second-order valence-corrected chi connectivity index (χ2v) is 6.72. The minimum atomic E-state index is -0.171. The smallest absolute Gasteiger partial charge is 0.271 e. The second-order valence-electron chi connectivity index (χ2n) is 6.72. The number of carbonyl (C=O) groups excluding carboxylic acids is 1. The third kappa shape index (κ3) is 4.65. The van der Waals surface area contributed by atoms with Crippen LogP contribution in [0.1, 0.15) is 30.8 Å². The van der Waals surface area contributed by atoms with Crippen molar-refractivity contribution in [2.24, 2.45) is 5.92 Å². The number of nitrogens with one attached hydrogen (secondary N) is 1. The van der Waals surface area contributed by atoms with Gasteiger partial charge in [-0.1, -0.05) is 13.8 Å². The summed E-state index contributed by atoms with van der Waals surface area (Å²) in [7, 11) is 0. The van der Waals surface area contributed by atoms with Crippen molar-refractivity contribution in [3.05, 3.63) is 36.5 Å². The predicted octanol–water partition coefficient (Wildman–Crippen LogP) is 1.37. The molecule has 0 radical (unpaired) electrons. The van der Waals surface area contributed by atoms with E-state index in [4.69, 9.17) is 0 Å². The predicted molar refractivity (Wildman–Crippen MR) is 100 cm³/mol. The van der Waals surface area contributed by atoms with Gasteiger partial charge in [-0.3, -0.25) is 4.79 Å². The second kappa shape index (κ2) is 8.55. The van der Waals surface area contributed by atoms with Crippen LogP contribution >= 0.6 is 0 Å². The van der Waals surface area contributed by atoms with Gasteiger partial charge in [0.15, 0.2) is 0 Å². The first kappa shape index (κ1) is 18.0. The van der Waals surface area contributed by atoms with Gasteiger partial charge in [0.25, 0.3) is 5.91 Å². The van der Waals surface area contributed by atoms with Crippen LogP contribution in [0.2, 0.25) is 0 Å². The van der Waals surface area contributed by atoms with E-state index in [0.717, 1.165) is 44.4 Å². The van der Waals surface area contributed by atoms with Crippen LogP contribution in [0.4, 0.5) is 11.8 Å². The fraction of sp³-hybridized carbons (Fsp3) is 0.500. The molecule has 2 aromatic rings. The minimum Gasteiger partial charge on any atom is -0.352 e. The monoisotopic (exact) mass is 355 g/mol. The molecule has 0 aliphatic carbocycles. The van der Waals surface area contributed by atoms with E-state index in [9.17, 15) is 4.79 Å². The molecule has 8 heteroatoms. The zero-order chi connectivity index (χ0) is 18.4. The zero-order valence-corrected chi connectivity index (χ0v) is 15.3. The molecule has 0 unspecified atom stereocenters. The van der Waals surface area contributed by atoms with Crippen LogP contribution in [-0.2, 0) is 0 Å². The van der Waals surface area contributed by atoms with Gasteiger partial charge in [-0.25, -0.2) is 19.9 Å². The van der Waals surface area contributed by atoms with E-state index in [1.807, 2.05) is 6.07 Å². The van der Waals surface area contributed by atoms with Gasteiger partial charge in [0.05, 0.1) is 12.4 Å². The lowest BCUT2D eigenvalue weighted by atomic mass is 10.1. The Morgan fingerprint density at radius 3 is 2.35 bits per heavy atom. The summed E-state index contributed by atoms with van der Waals surface area (Å²) in [5.41, 5.74) is 0.355. The summed E-state index contributed by atoms with van der Waals surface area (Å²) in [6.07, 6.45) is 7.68. The first-order chi connectivity index (χ1) is 12.6. The topological polar surface area (TPSA) is 87.1 Å². The molecule has 0 saturated carbocycles. The summed E-state index contributed by atoms with van der Waals surface area (Å²) in [6, 6.07) is 1.82. The van der Waals surface area contributed by atoms with Crippen molar-refractivity contribution in [3.63, 3.8) is 0 Å². The maximum Gasteiger partial charge on any atom is 0.271 e. The van der Waals surface area contributed by atoms with E-state index >= 15 is 0 Å². The van der Waals surface area contributed by atoms with Gasteiger partial charge in [0, 0.05) is 45.1 Å². The summed E-state index contributed by atoms with van der Waals surface area (Å²) in [4.78, 5) is 33.7. The lowest BCUT2D eigenvalue weighted by Gasteiger charge is -2.35. The summed E-state index contributed by atoms with van der Waals surface area (Å²) in [5.74, 6) is 1.93. The molecule has 0 aromatic carbocycles. The molecule has 3 heterocycles. The lowest BCUT2D eigenvalue weighted by molar-refractivity contribution is 0.0946. The highest BCUT2D eigenvalue weighted by atomic mass is 16.1.